The topological polar surface area (TPSA) is 64.1 Å². The Bertz CT molecular complexity index is 506. The highest BCUT2D eigenvalue weighted by atomic mass is 14.9. The fraction of sp³-hybridized carbons (Fsp3) is 0.0769. The predicted molar refractivity (Wildman–Crippen MR) is 69.7 cm³/mol. The lowest BCUT2D eigenvalue weighted by Gasteiger charge is -2.11. The minimum Gasteiger partial charge on any atom is -0.397 e. The summed E-state index contributed by atoms with van der Waals surface area (Å²) in [5.41, 5.74) is 16.1. The van der Waals surface area contributed by atoms with Gasteiger partial charge in [0.2, 0.25) is 0 Å². The number of aryl methyl sites for hydroxylation is 1. The first kappa shape index (κ1) is 10.4. The van der Waals surface area contributed by atoms with E-state index >= 15 is 0 Å². The smallest absolute Gasteiger partial charge is 0.0618 e. The van der Waals surface area contributed by atoms with Gasteiger partial charge in [-0.2, -0.15) is 0 Å². The van der Waals surface area contributed by atoms with E-state index in [4.69, 9.17) is 11.5 Å². The lowest BCUT2D eigenvalue weighted by atomic mass is 10.2. The van der Waals surface area contributed by atoms with Gasteiger partial charge in [0, 0.05) is 0 Å². The molecule has 2 aromatic rings. The van der Waals surface area contributed by atoms with Crippen molar-refractivity contribution < 1.29 is 0 Å². The second-order valence-electron chi connectivity index (χ2n) is 3.80. The van der Waals surface area contributed by atoms with E-state index in [1.165, 1.54) is 0 Å². The van der Waals surface area contributed by atoms with Crippen molar-refractivity contribution in [3.8, 4) is 0 Å². The highest BCUT2D eigenvalue weighted by Crippen LogP contribution is 2.27. The summed E-state index contributed by atoms with van der Waals surface area (Å²) in [5, 5.41) is 3.22. The lowest BCUT2D eigenvalue weighted by Crippen LogP contribution is -1.99. The van der Waals surface area contributed by atoms with Crippen LogP contribution in [0, 0.1) is 6.92 Å². The number of hydrogen-bond donors (Lipinski definition) is 3. The van der Waals surface area contributed by atoms with Crippen LogP contribution in [0.3, 0.4) is 0 Å². The van der Waals surface area contributed by atoms with E-state index in [2.05, 4.69) is 5.32 Å². The van der Waals surface area contributed by atoms with Crippen LogP contribution in [-0.2, 0) is 0 Å². The van der Waals surface area contributed by atoms with Gasteiger partial charge in [0.15, 0.2) is 0 Å². The van der Waals surface area contributed by atoms with Crippen molar-refractivity contribution in [2.24, 2.45) is 0 Å². The van der Waals surface area contributed by atoms with Crippen LogP contribution in [-0.4, -0.2) is 0 Å². The van der Waals surface area contributed by atoms with Gasteiger partial charge in [-0.3, -0.25) is 0 Å². The Balaban J connectivity index is 2.31. The maximum atomic E-state index is 5.92. The van der Waals surface area contributed by atoms with Crippen LogP contribution >= 0.6 is 0 Å². The van der Waals surface area contributed by atoms with Gasteiger partial charge in [0.1, 0.15) is 0 Å². The Kier molecular flexibility index (Phi) is 2.68. The molecule has 82 valence electrons. The van der Waals surface area contributed by atoms with Crippen molar-refractivity contribution in [1.29, 1.82) is 0 Å². The third kappa shape index (κ3) is 2.08. The third-order valence-electron chi connectivity index (χ3n) is 2.44. The van der Waals surface area contributed by atoms with E-state index in [-0.39, 0.29) is 0 Å². The van der Waals surface area contributed by atoms with Gasteiger partial charge in [0.25, 0.3) is 0 Å². The molecule has 2 rings (SSSR count). The molecule has 0 saturated heterocycles. The van der Waals surface area contributed by atoms with Crippen molar-refractivity contribution in [3.05, 3.63) is 48.0 Å². The van der Waals surface area contributed by atoms with Gasteiger partial charge in [-0.25, -0.2) is 0 Å². The first-order chi connectivity index (χ1) is 7.66. The molecule has 0 aromatic heterocycles. The summed E-state index contributed by atoms with van der Waals surface area (Å²) >= 11 is 0. The van der Waals surface area contributed by atoms with Crippen molar-refractivity contribution in [2.75, 3.05) is 16.8 Å². The van der Waals surface area contributed by atoms with E-state index in [0.717, 1.165) is 22.6 Å². The largest absolute Gasteiger partial charge is 0.397 e. The first-order valence-corrected chi connectivity index (χ1v) is 5.14. The van der Waals surface area contributed by atoms with Crippen LogP contribution in [0.15, 0.2) is 42.5 Å². The van der Waals surface area contributed by atoms with Crippen molar-refractivity contribution >= 4 is 22.7 Å². The SMILES string of the molecule is Cc1ccc(Nc2ccccc2N)c(N)c1. The molecular weight excluding hydrogens is 198 g/mol. The molecule has 0 amide bonds. The predicted octanol–water partition coefficient (Wildman–Crippen LogP) is 2.90. The molecule has 5 N–H and O–H groups in total. The minimum absolute atomic E-state index is 0.711. The number of nitrogens with two attached hydrogens (primary N) is 2. The van der Waals surface area contributed by atoms with Crippen LogP contribution in [0.5, 0.6) is 0 Å². The molecule has 0 spiro atoms. The Morgan fingerprint density at radius 1 is 0.875 bits per heavy atom. The second-order valence-corrected chi connectivity index (χ2v) is 3.80. The van der Waals surface area contributed by atoms with E-state index in [0.29, 0.717) is 5.69 Å². The Morgan fingerprint density at radius 3 is 2.25 bits per heavy atom. The summed E-state index contributed by atoms with van der Waals surface area (Å²) in [5.74, 6) is 0. The fourth-order valence-corrected chi connectivity index (χ4v) is 1.55. The van der Waals surface area contributed by atoms with Crippen molar-refractivity contribution in [3.63, 3.8) is 0 Å². The van der Waals surface area contributed by atoms with Gasteiger partial charge in [-0.15, -0.1) is 0 Å². The average molecular weight is 213 g/mol. The third-order valence-corrected chi connectivity index (χ3v) is 2.44. The quantitative estimate of drug-likeness (QED) is 0.672. The van der Waals surface area contributed by atoms with Crippen LogP contribution in [0.25, 0.3) is 0 Å². The standard InChI is InChI=1S/C13H15N3/c1-9-6-7-13(11(15)8-9)16-12-5-3-2-4-10(12)14/h2-8,16H,14-15H2,1H3. The van der Waals surface area contributed by atoms with Crippen LogP contribution in [0.1, 0.15) is 5.56 Å². The highest BCUT2D eigenvalue weighted by molar-refractivity contribution is 5.78. The van der Waals surface area contributed by atoms with Gasteiger partial charge in [-0.05, 0) is 36.8 Å². The van der Waals surface area contributed by atoms with Gasteiger partial charge >= 0.3 is 0 Å². The molecule has 0 fully saturated rings. The maximum Gasteiger partial charge on any atom is 0.0618 e. The molecule has 0 heterocycles. The number of nitrogen functional groups attached to an aromatic ring is 2. The zero-order valence-corrected chi connectivity index (χ0v) is 9.20. The van der Waals surface area contributed by atoms with E-state index in [1.807, 2.05) is 49.4 Å². The van der Waals surface area contributed by atoms with Gasteiger partial charge in [0.05, 0.1) is 22.7 Å². The highest BCUT2D eigenvalue weighted by Gasteiger charge is 2.01. The molecule has 3 heteroatoms. The summed E-state index contributed by atoms with van der Waals surface area (Å²) in [6, 6.07) is 13.5. The van der Waals surface area contributed by atoms with Crippen LogP contribution in [0.4, 0.5) is 22.7 Å². The van der Waals surface area contributed by atoms with E-state index in [9.17, 15) is 0 Å². The molecule has 0 radical (unpaired) electrons. The van der Waals surface area contributed by atoms with Crippen LogP contribution < -0.4 is 16.8 Å². The molecule has 16 heavy (non-hydrogen) atoms. The lowest BCUT2D eigenvalue weighted by molar-refractivity contribution is 1.45. The molecule has 0 bridgehead atoms. The average Bonchev–Trinajstić information content (AvgIpc) is 2.25. The summed E-state index contributed by atoms with van der Waals surface area (Å²) in [6.07, 6.45) is 0. The summed E-state index contributed by atoms with van der Waals surface area (Å²) in [4.78, 5) is 0. The monoisotopic (exact) mass is 213 g/mol. The Labute approximate surface area is 95.1 Å². The number of nitrogens with one attached hydrogen (secondary N) is 1. The number of rotatable bonds is 2. The number of hydrogen-bond acceptors (Lipinski definition) is 3. The Hall–Kier alpha value is -2.16. The molecule has 0 saturated carbocycles. The molecular formula is C13H15N3. The van der Waals surface area contributed by atoms with E-state index < -0.39 is 0 Å². The summed E-state index contributed by atoms with van der Waals surface area (Å²) < 4.78 is 0. The van der Waals surface area contributed by atoms with E-state index in [1.54, 1.807) is 0 Å². The molecule has 2 aromatic carbocycles. The molecule has 0 unspecified atom stereocenters. The van der Waals surface area contributed by atoms with Crippen molar-refractivity contribution in [1.82, 2.24) is 0 Å². The molecule has 0 atom stereocenters. The first-order valence-electron chi connectivity index (χ1n) is 5.14. The number of anilines is 4. The summed E-state index contributed by atoms with van der Waals surface area (Å²) in [6.45, 7) is 2.01. The fourth-order valence-electron chi connectivity index (χ4n) is 1.55. The molecule has 0 aliphatic heterocycles. The number of para-hydroxylation sites is 2. The molecule has 0 aliphatic rings. The van der Waals surface area contributed by atoms with Gasteiger partial charge in [-0.1, -0.05) is 18.2 Å². The molecule has 3 nitrogen and oxygen atoms in total. The normalized spacial score (nSPS) is 10.1. The minimum atomic E-state index is 0.711. The maximum absolute atomic E-state index is 5.92. The summed E-state index contributed by atoms with van der Waals surface area (Å²) in [7, 11) is 0. The zero-order valence-electron chi connectivity index (χ0n) is 9.20. The number of benzene rings is 2. The van der Waals surface area contributed by atoms with Gasteiger partial charge < -0.3 is 16.8 Å². The zero-order chi connectivity index (χ0) is 11.5. The molecule has 0 aliphatic carbocycles. The van der Waals surface area contributed by atoms with Crippen LogP contribution in [0.2, 0.25) is 0 Å². The van der Waals surface area contributed by atoms with Crippen molar-refractivity contribution in [2.45, 2.75) is 6.92 Å². The second kappa shape index (κ2) is 4.14. The Morgan fingerprint density at radius 2 is 1.56 bits per heavy atom.